The molecule has 150 valence electrons. The van der Waals surface area contributed by atoms with Crippen LogP contribution in [0.3, 0.4) is 0 Å². The predicted octanol–water partition coefficient (Wildman–Crippen LogP) is 5.19. The lowest BCUT2D eigenvalue weighted by molar-refractivity contribution is -0.137. The Morgan fingerprint density at radius 1 is 1.28 bits per heavy atom. The highest BCUT2D eigenvalue weighted by molar-refractivity contribution is 7.10. The molecule has 9 heteroatoms. The fourth-order valence-corrected chi connectivity index (χ4v) is 3.86. The van der Waals surface area contributed by atoms with E-state index in [4.69, 9.17) is 4.52 Å². The highest BCUT2D eigenvalue weighted by Gasteiger charge is 2.34. The van der Waals surface area contributed by atoms with Crippen LogP contribution in [0.25, 0.3) is 17.5 Å². The number of hydrogen-bond donors (Lipinski definition) is 0. The van der Waals surface area contributed by atoms with E-state index < -0.39 is 11.7 Å². The highest BCUT2D eigenvalue weighted by Crippen LogP contribution is 2.34. The molecule has 0 aliphatic carbocycles. The lowest BCUT2D eigenvalue weighted by atomic mass is 10.1. The van der Waals surface area contributed by atoms with Crippen LogP contribution in [0.1, 0.15) is 35.2 Å². The quantitative estimate of drug-likeness (QED) is 0.546. The van der Waals surface area contributed by atoms with Gasteiger partial charge in [-0.3, -0.25) is 4.79 Å². The average Bonchev–Trinajstić information content (AvgIpc) is 3.46. The van der Waals surface area contributed by atoms with Gasteiger partial charge in [0.25, 0.3) is 0 Å². The number of alkyl halides is 3. The molecule has 4 rings (SSSR count). The van der Waals surface area contributed by atoms with Crippen LogP contribution in [0.5, 0.6) is 0 Å². The smallest absolute Gasteiger partial charge is 0.337 e. The fraction of sp³-hybridized carbons (Fsp3) is 0.250. The summed E-state index contributed by atoms with van der Waals surface area (Å²) in [5.74, 6) is 0.132. The summed E-state index contributed by atoms with van der Waals surface area (Å²) in [6.45, 7) is 0.555. The second-order valence-electron chi connectivity index (χ2n) is 6.57. The van der Waals surface area contributed by atoms with Gasteiger partial charge in [-0.2, -0.15) is 18.2 Å². The van der Waals surface area contributed by atoms with Crippen LogP contribution in [-0.2, 0) is 11.0 Å². The zero-order valence-electron chi connectivity index (χ0n) is 15.1. The van der Waals surface area contributed by atoms with Crippen molar-refractivity contribution in [1.29, 1.82) is 0 Å². The van der Waals surface area contributed by atoms with E-state index in [0.29, 0.717) is 13.0 Å². The minimum absolute atomic E-state index is 0.0690. The van der Waals surface area contributed by atoms with E-state index in [1.165, 1.54) is 29.5 Å². The molecule has 29 heavy (non-hydrogen) atoms. The molecule has 1 saturated heterocycles. The summed E-state index contributed by atoms with van der Waals surface area (Å²) in [5, 5.41) is 5.75. The summed E-state index contributed by atoms with van der Waals surface area (Å²) in [7, 11) is 0. The largest absolute Gasteiger partial charge is 0.416 e. The number of hydrogen-bond acceptors (Lipinski definition) is 5. The van der Waals surface area contributed by atoms with Gasteiger partial charge in [-0.15, -0.1) is 11.3 Å². The van der Waals surface area contributed by atoms with E-state index in [1.807, 2.05) is 17.5 Å². The number of thiophene rings is 1. The molecule has 1 fully saturated rings. The van der Waals surface area contributed by atoms with Gasteiger partial charge in [-0.05, 0) is 42.5 Å². The lowest BCUT2D eigenvalue weighted by Crippen LogP contribution is -2.29. The normalized spacial score (nSPS) is 17.3. The first kappa shape index (κ1) is 19.4. The molecule has 0 spiro atoms. The van der Waals surface area contributed by atoms with Crippen molar-refractivity contribution in [2.24, 2.45) is 0 Å². The van der Waals surface area contributed by atoms with Gasteiger partial charge < -0.3 is 9.42 Å². The van der Waals surface area contributed by atoms with E-state index in [1.54, 1.807) is 11.0 Å². The predicted molar refractivity (Wildman–Crippen MR) is 102 cm³/mol. The van der Waals surface area contributed by atoms with Crippen molar-refractivity contribution in [3.8, 4) is 11.4 Å². The summed E-state index contributed by atoms with van der Waals surface area (Å²) in [6.07, 6.45) is 0.248. The molecule has 1 aliphatic rings. The third-order valence-corrected chi connectivity index (χ3v) is 5.48. The Morgan fingerprint density at radius 2 is 2.14 bits per heavy atom. The summed E-state index contributed by atoms with van der Waals surface area (Å²) < 4.78 is 44.1. The first-order valence-corrected chi connectivity index (χ1v) is 9.83. The zero-order valence-corrected chi connectivity index (χ0v) is 15.9. The zero-order chi connectivity index (χ0) is 20.4. The van der Waals surface area contributed by atoms with Crippen molar-refractivity contribution in [3.05, 3.63) is 64.2 Å². The van der Waals surface area contributed by atoms with E-state index in [-0.39, 0.29) is 29.2 Å². The molecular formula is C20H16F3N3O2S. The maximum atomic E-state index is 12.9. The van der Waals surface area contributed by atoms with Crippen molar-refractivity contribution in [2.45, 2.75) is 25.1 Å². The third-order valence-electron chi connectivity index (χ3n) is 4.64. The lowest BCUT2D eigenvalue weighted by Gasteiger charge is -2.19. The first-order chi connectivity index (χ1) is 13.9. The highest BCUT2D eigenvalue weighted by atomic mass is 32.1. The molecule has 0 saturated carbocycles. The van der Waals surface area contributed by atoms with Crippen LogP contribution >= 0.6 is 11.3 Å². The van der Waals surface area contributed by atoms with Crippen molar-refractivity contribution in [3.63, 3.8) is 0 Å². The Morgan fingerprint density at radius 3 is 2.90 bits per heavy atom. The molecule has 0 N–H and O–H groups in total. The van der Waals surface area contributed by atoms with E-state index in [0.717, 1.165) is 23.4 Å². The van der Waals surface area contributed by atoms with Gasteiger partial charge in [0.1, 0.15) is 6.04 Å². The molecule has 1 aromatic carbocycles. The Bertz CT molecular complexity index is 1030. The maximum Gasteiger partial charge on any atom is 0.416 e. The number of carbonyl (C=O) groups excluding carboxylic acids is 1. The second kappa shape index (κ2) is 7.82. The molecule has 1 amide bonds. The number of rotatable bonds is 4. The number of likely N-dealkylation sites (tertiary alicyclic amines) is 1. The summed E-state index contributed by atoms with van der Waals surface area (Å²) in [6, 6.07) is 8.19. The molecule has 2 aromatic heterocycles. The average molecular weight is 419 g/mol. The standard InChI is InChI=1S/C20H16F3N3O2S/c21-20(22,23)14-5-1-4-13(12-14)18-24-19(28-25-18)16-7-2-10-26(16)17(27)9-8-15-6-3-11-29-15/h1,3-6,8-9,11-12,16H,2,7,10H2/b9-8+/t16-/m0/s1. The first-order valence-electron chi connectivity index (χ1n) is 8.95. The van der Waals surface area contributed by atoms with E-state index >= 15 is 0 Å². The van der Waals surface area contributed by atoms with Gasteiger partial charge in [0.05, 0.1) is 5.56 Å². The second-order valence-corrected chi connectivity index (χ2v) is 7.55. The molecule has 0 radical (unpaired) electrons. The molecule has 3 heterocycles. The van der Waals surface area contributed by atoms with Gasteiger partial charge in [0, 0.05) is 23.1 Å². The Labute approximate surface area is 168 Å². The summed E-state index contributed by atoms with van der Waals surface area (Å²) in [4.78, 5) is 19.5. The maximum absolute atomic E-state index is 12.9. The SMILES string of the molecule is O=C(/C=C/c1cccs1)N1CCC[C@H]1c1nc(-c2cccc(C(F)(F)F)c2)no1. The molecule has 3 aromatic rings. The summed E-state index contributed by atoms with van der Waals surface area (Å²) in [5.41, 5.74) is -0.568. The Kier molecular flexibility index (Phi) is 5.23. The summed E-state index contributed by atoms with van der Waals surface area (Å²) >= 11 is 1.53. The molecular weight excluding hydrogens is 403 g/mol. The van der Waals surface area contributed by atoms with Crippen LogP contribution < -0.4 is 0 Å². The molecule has 1 aliphatic heterocycles. The molecule has 0 unspecified atom stereocenters. The van der Waals surface area contributed by atoms with Crippen LogP contribution in [0.2, 0.25) is 0 Å². The number of aromatic nitrogens is 2. The van der Waals surface area contributed by atoms with Crippen LogP contribution in [0.4, 0.5) is 13.2 Å². The van der Waals surface area contributed by atoms with Gasteiger partial charge in [-0.1, -0.05) is 23.4 Å². The van der Waals surface area contributed by atoms with Crippen molar-refractivity contribution < 1.29 is 22.5 Å². The monoisotopic (exact) mass is 419 g/mol. The van der Waals surface area contributed by atoms with Gasteiger partial charge in [0.15, 0.2) is 0 Å². The Hall–Kier alpha value is -2.94. The minimum Gasteiger partial charge on any atom is -0.337 e. The van der Waals surface area contributed by atoms with E-state index in [2.05, 4.69) is 10.1 Å². The van der Waals surface area contributed by atoms with Gasteiger partial charge in [-0.25, -0.2) is 0 Å². The number of benzene rings is 1. The molecule has 0 bridgehead atoms. The number of amides is 1. The topological polar surface area (TPSA) is 59.2 Å². The Balaban J connectivity index is 1.53. The van der Waals surface area contributed by atoms with Crippen LogP contribution in [-0.4, -0.2) is 27.5 Å². The molecule has 5 nitrogen and oxygen atoms in total. The number of halogens is 3. The van der Waals surface area contributed by atoms with Crippen molar-refractivity contribution in [1.82, 2.24) is 15.0 Å². The molecule has 1 atom stereocenters. The van der Waals surface area contributed by atoms with E-state index in [9.17, 15) is 18.0 Å². The van der Waals surface area contributed by atoms with Gasteiger partial charge >= 0.3 is 6.18 Å². The van der Waals surface area contributed by atoms with Crippen molar-refractivity contribution in [2.75, 3.05) is 6.54 Å². The fourth-order valence-electron chi connectivity index (χ4n) is 3.24. The van der Waals surface area contributed by atoms with Gasteiger partial charge in [0.2, 0.25) is 17.6 Å². The minimum atomic E-state index is -4.45. The number of nitrogens with zero attached hydrogens (tertiary/aromatic N) is 3. The number of carbonyl (C=O) groups is 1. The third kappa shape index (κ3) is 4.24. The van der Waals surface area contributed by atoms with Crippen LogP contribution in [0, 0.1) is 0 Å². The van der Waals surface area contributed by atoms with Crippen molar-refractivity contribution >= 4 is 23.3 Å². The van der Waals surface area contributed by atoms with Crippen LogP contribution in [0.15, 0.2) is 52.4 Å².